The van der Waals surface area contributed by atoms with E-state index in [-0.39, 0.29) is 0 Å². The lowest BCUT2D eigenvalue weighted by atomic mass is 10.4. The Balaban J connectivity index is 3.91. The van der Waals surface area contributed by atoms with E-state index >= 15 is 0 Å². The smallest absolute Gasteiger partial charge is 0.118 e. The second-order valence-electron chi connectivity index (χ2n) is 5.27. The first-order chi connectivity index (χ1) is 7.78. The number of nitrogens with one attached hydrogen (secondary N) is 1. The average Bonchev–Trinajstić information content (AvgIpc) is 2.22. The molecular weight excluding hydrogens is 296 g/mol. The standard InChI is InChI=1S/C12H25BrN2OSi/c1-11(12(13)9-14-2)15(3)10-16-7-8-17(4,5)6/h9,14H,1,7-8,10H2,2-6H3/b12-9+. The van der Waals surface area contributed by atoms with Gasteiger partial charge in [-0.05, 0) is 22.0 Å². The summed E-state index contributed by atoms with van der Waals surface area (Å²) in [4.78, 5) is 1.99. The van der Waals surface area contributed by atoms with Gasteiger partial charge in [0, 0.05) is 40.7 Å². The van der Waals surface area contributed by atoms with Crippen molar-refractivity contribution in [2.24, 2.45) is 0 Å². The molecule has 0 aliphatic rings. The monoisotopic (exact) mass is 320 g/mol. The summed E-state index contributed by atoms with van der Waals surface area (Å²) in [5, 5.41) is 2.96. The molecule has 0 atom stereocenters. The van der Waals surface area contributed by atoms with Crippen LogP contribution < -0.4 is 5.32 Å². The molecule has 0 saturated carbocycles. The normalized spacial score (nSPS) is 12.5. The lowest BCUT2D eigenvalue weighted by molar-refractivity contribution is 0.0704. The Kier molecular flexibility index (Phi) is 7.82. The predicted molar refractivity (Wildman–Crippen MR) is 81.9 cm³/mol. The lowest BCUT2D eigenvalue weighted by Crippen LogP contribution is -2.25. The highest BCUT2D eigenvalue weighted by Crippen LogP contribution is 2.17. The molecule has 0 saturated heterocycles. The minimum absolute atomic E-state index is 0.579. The fourth-order valence-electron chi connectivity index (χ4n) is 1.05. The molecule has 0 radical (unpaired) electrons. The van der Waals surface area contributed by atoms with Crippen molar-refractivity contribution in [1.29, 1.82) is 0 Å². The van der Waals surface area contributed by atoms with Crippen LogP contribution in [-0.2, 0) is 4.74 Å². The van der Waals surface area contributed by atoms with Crippen molar-refractivity contribution < 1.29 is 4.74 Å². The minimum Gasteiger partial charge on any atom is -0.393 e. The summed E-state index contributed by atoms with van der Waals surface area (Å²) in [5.41, 5.74) is 0.910. The molecule has 0 aliphatic carbocycles. The van der Waals surface area contributed by atoms with Crippen molar-refractivity contribution in [1.82, 2.24) is 10.2 Å². The molecule has 0 unspecified atom stereocenters. The summed E-state index contributed by atoms with van der Waals surface area (Å²) < 4.78 is 6.59. The Morgan fingerprint density at radius 3 is 2.53 bits per heavy atom. The van der Waals surface area contributed by atoms with E-state index in [9.17, 15) is 0 Å². The molecule has 5 heteroatoms. The van der Waals surface area contributed by atoms with Crippen molar-refractivity contribution in [3.8, 4) is 0 Å². The van der Waals surface area contributed by atoms with Gasteiger partial charge in [-0.15, -0.1) is 0 Å². The fourth-order valence-corrected chi connectivity index (χ4v) is 2.34. The van der Waals surface area contributed by atoms with E-state index in [0.717, 1.165) is 16.8 Å². The Bertz CT molecular complexity index is 274. The first kappa shape index (κ1) is 16.7. The second kappa shape index (κ2) is 7.95. The van der Waals surface area contributed by atoms with Crippen LogP contribution in [0.2, 0.25) is 25.7 Å². The van der Waals surface area contributed by atoms with Crippen LogP contribution in [0.3, 0.4) is 0 Å². The van der Waals surface area contributed by atoms with Gasteiger partial charge in [0.05, 0.1) is 4.48 Å². The molecule has 0 aliphatic heterocycles. The van der Waals surface area contributed by atoms with Gasteiger partial charge in [0.1, 0.15) is 6.73 Å². The Morgan fingerprint density at radius 1 is 1.47 bits per heavy atom. The van der Waals surface area contributed by atoms with Gasteiger partial charge < -0.3 is 15.0 Å². The van der Waals surface area contributed by atoms with Crippen LogP contribution in [0.5, 0.6) is 0 Å². The van der Waals surface area contributed by atoms with Crippen LogP contribution in [0.25, 0.3) is 0 Å². The summed E-state index contributed by atoms with van der Waals surface area (Å²) in [7, 11) is 2.85. The zero-order valence-corrected chi connectivity index (χ0v) is 14.2. The molecule has 1 N–H and O–H groups in total. The molecule has 0 bridgehead atoms. The number of allylic oxidation sites excluding steroid dienone is 1. The molecule has 3 nitrogen and oxygen atoms in total. The molecule has 0 rings (SSSR count). The highest BCUT2D eigenvalue weighted by molar-refractivity contribution is 9.11. The van der Waals surface area contributed by atoms with Gasteiger partial charge in [-0.1, -0.05) is 26.2 Å². The van der Waals surface area contributed by atoms with Crippen molar-refractivity contribution in [3.05, 3.63) is 23.0 Å². The summed E-state index contributed by atoms with van der Waals surface area (Å²) in [6.45, 7) is 12.5. The van der Waals surface area contributed by atoms with Gasteiger partial charge in [0.25, 0.3) is 0 Å². The van der Waals surface area contributed by atoms with E-state index in [1.807, 2.05) is 25.2 Å². The Morgan fingerprint density at radius 2 is 2.06 bits per heavy atom. The molecular formula is C12H25BrN2OSi. The van der Waals surface area contributed by atoms with Crippen molar-refractivity contribution in [2.75, 3.05) is 27.4 Å². The van der Waals surface area contributed by atoms with Crippen LogP contribution in [0.4, 0.5) is 0 Å². The molecule has 0 spiro atoms. The number of halogens is 1. The maximum Gasteiger partial charge on any atom is 0.118 e. The molecule has 0 fully saturated rings. The van der Waals surface area contributed by atoms with Crippen LogP contribution in [0, 0.1) is 0 Å². The molecule has 0 aromatic carbocycles. The van der Waals surface area contributed by atoms with Crippen LogP contribution in [-0.4, -0.2) is 40.4 Å². The number of nitrogens with zero attached hydrogens (tertiary/aromatic N) is 1. The topological polar surface area (TPSA) is 24.5 Å². The van der Waals surface area contributed by atoms with Gasteiger partial charge >= 0.3 is 0 Å². The zero-order valence-electron chi connectivity index (χ0n) is 11.6. The van der Waals surface area contributed by atoms with Crippen LogP contribution in [0.15, 0.2) is 23.0 Å². The first-order valence-electron chi connectivity index (χ1n) is 5.79. The average molecular weight is 321 g/mol. The fraction of sp³-hybridized carbons (Fsp3) is 0.667. The number of rotatable bonds is 8. The highest BCUT2D eigenvalue weighted by Gasteiger charge is 2.12. The van der Waals surface area contributed by atoms with E-state index in [1.54, 1.807) is 0 Å². The van der Waals surface area contributed by atoms with Gasteiger partial charge in [0.2, 0.25) is 0 Å². The number of hydrogen-bond acceptors (Lipinski definition) is 3. The summed E-state index contributed by atoms with van der Waals surface area (Å²) in [5.74, 6) is 0. The quantitative estimate of drug-likeness (QED) is 0.322. The maximum atomic E-state index is 5.65. The number of ether oxygens (including phenoxy) is 1. The van der Waals surface area contributed by atoms with Crippen molar-refractivity contribution in [2.45, 2.75) is 25.7 Å². The predicted octanol–water partition coefficient (Wildman–Crippen LogP) is 3.20. The van der Waals surface area contributed by atoms with E-state index in [4.69, 9.17) is 4.74 Å². The van der Waals surface area contributed by atoms with Gasteiger partial charge in [-0.3, -0.25) is 0 Å². The number of hydrogen-bond donors (Lipinski definition) is 1. The Labute approximate surface area is 115 Å². The third-order valence-corrected chi connectivity index (χ3v) is 4.68. The van der Waals surface area contributed by atoms with E-state index in [2.05, 4.69) is 47.5 Å². The van der Waals surface area contributed by atoms with Gasteiger partial charge in [-0.25, -0.2) is 0 Å². The number of likely N-dealkylation sites (N-methyl/N-ethyl adjacent to an activating group) is 1. The third kappa shape index (κ3) is 8.46. The maximum absolute atomic E-state index is 5.65. The van der Waals surface area contributed by atoms with E-state index in [0.29, 0.717) is 6.73 Å². The van der Waals surface area contributed by atoms with E-state index < -0.39 is 8.07 Å². The van der Waals surface area contributed by atoms with Gasteiger partial charge in [0.15, 0.2) is 0 Å². The molecule has 100 valence electrons. The lowest BCUT2D eigenvalue weighted by Gasteiger charge is -2.22. The minimum atomic E-state index is -0.987. The summed E-state index contributed by atoms with van der Waals surface area (Å²) >= 11 is 3.45. The molecule has 0 heterocycles. The SMILES string of the molecule is C=C(/C(Br)=C\NC)N(C)COCC[Si](C)(C)C. The highest BCUT2D eigenvalue weighted by atomic mass is 79.9. The van der Waals surface area contributed by atoms with Crippen LogP contribution >= 0.6 is 15.9 Å². The molecule has 17 heavy (non-hydrogen) atoms. The molecule has 0 amide bonds. The van der Waals surface area contributed by atoms with Crippen molar-refractivity contribution >= 4 is 24.0 Å². The second-order valence-corrected chi connectivity index (χ2v) is 11.7. The molecule has 0 aromatic rings. The molecule has 0 aromatic heterocycles. The van der Waals surface area contributed by atoms with Crippen LogP contribution in [0.1, 0.15) is 0 Å². The summed E-state index contributed by atoms with van der Waals surface area (Å²) in [6, 6.07) is 1.20. The van der Waals surface area contributed by atoms with Gasteiger partial charge in [-0.2, -0.15) is 0 Å². The van der Waals surface area contributed by atoms with E-state index in [1.165, 1.54) is 6.04 Å². The first-order valence-corrected chi connectivity index (χ1v) is 10.3. The largest absolute Gasteiger partial charge is 0.393 e. The zero-order chi connectivity index (χ0) is 13.5. The Hall–Kier alpha value is -0.263. The van der Waals surface area contributed by atoms with Crippen molar-refractivity contribution in [3.63, 3.8) is 0 Å². The summed E-state index contributed by atoms with van der Waals surface area (Å²) in [6.07, 6.45) is 1.86. The third-order valence-electron chi connectivity index (χ3n) is 2.29.